The van der Waals surface area contributed by atoms with Crippen molar-refractivity contribution in [2.24, 2.45) is 0 Å². The van der Waals surface area contributed by atoms with E-state index in [1.54, 1.807) is 10.7 Å². The van der Waals surface area contributed by atoms with Gasteiger partial charge in [-0.15, -0.1) is 5.10 Å². The molecule has 2 heterocycles. The Kier molecular flexibility index (Phi) is 3.17. The summed E-state index contributed by atoms with van der Waals surface area (Å²) in [4.78, 5) is 4.14. The number of aliphatic hydroxyl groups is 1. The second-order valence-electron chi connectivity index (χ2n) is 3.07. The molecular weight excluding hydrogens is 260 g/mol. The second kappa shape index (κ2) is 4.59. The van der Waals surface area contributed by atoms with E-state index in [9.17, 15) is 0 Å². The number of hydrogen-bond acceptors (Lipinski definition) is 4. The van der Waals surface area contributed by atoms with Crippen LogP contribution >= 0.6 is 15.9 Å². The Morgan fingerprint density at radius 2 is 2.33 bits per heavy atom. The second-order valence-corrected chi connectivity index (χ2v) is 3.89. The van der Waals surface area contributed by atoms with Crippen LogP contribution in [0.5, 0.6) is 0 Å². The van der Waals surface area contributed by atoms with E-state index in [0.29, 0.717) is 13.0 Å². The third-order valence-corrected chi connectivity index (χ3v) is 2.50. The average Bonchev–Trinajstić information content (AvgIpc) is 2.61. The van der Waals surface area contributed by atoms with E-state index >= 15 is 0 Å². The maximum atomic E-state index is 8.64. The molecule has 0 atom stereocenters. The first-order valence-electron chi connectivity index (χ1n) is 4.66. The number of nitrogens with one attached hydrogen (secondary N) is 1. The fraction of sp³-hybridized carbons (Fsp3) is 0.333. The van der Waals surface area contributed by atoms with E-state index in [0.717, 1.165) is 16.1 Å². The molecule has 6 heteroatoms. The molecule has 0 aromatic carbocycles. The van der Waals surface area contributed by atoms with Gasteiger partial charge in [0, 0.05) is 13.2 Å². The van der Waals surface area contributed by atoms with Crippen molar-refractivity contribution in [3.8, 4) is 0 Å². The third-order valence-electron chi connectivity index (χ3n) is 1.96. The average molecular weight is 271 g/mol. The van der Waals surface area contributed by atoms with E-state index < -0.39 is 0 Å². The molecule has 0 saturated carbocycles. The number of aromatic nitrogens is 3. The smallest absolute Gasteiger partial charge is 0.154 e. The summed E-state index contributed by atoms with van der Waals surface area (Å²) < 4.78 is 2.53. The molecule has 2 rings (SSSR count). The first kappa shape index (κ1) is 10.4. The molecule has 2 N–H and O–H groups in total. The van der Waals surface area contributed by atoms with Gasteiger partial charge in [-0.2, -0.15) is 0 Å². The molecule has 0 unspecified atom stereocenters. The number of hydrogen-bond donors (Lipinski definition) is 2. The van der Waals surface area contributed by atoms with Crippen LogP contribution in [0.15, 0.2) is 22.9 Å². The summed E-state index contributed by atoms with van der Waals surface area (Å²) in [5.74, 6) is 0.773. The molecule has 2 aromatic heterocycles. The highest BCUT2D eigenvalue weighted by molar-refractivity contribution is 9.10. The lowest BCUT2D eigenvalue weighted by molar-refractivity contribution is 0.292. The van der Waals surface area contributed by atoms with Gasteiger partial charge in [0.2, 0.25) is 0 Å². The van der Waals surface area contributed by atoms with E-state index in [1.165, 1.54) is 0 Å². The Hall–Kier alpha value is -1.14. The molecule has 5 nitrogen and oxygen atoms in total. The molecule has 0 spiro atoms. The largest absolute Gasteiger partial charge is 0.396 e. The fourth-order valence-electron chi connectivity index (χ4n) is 1.24. The summed E-state index contributed by atoms with van der Waals surface area (Å²) >= 11 is 3.35. The number of nitrogens with zero attached hydrogens (tertiary/aromatic N) is 3. The van der Waals surface area contributed by atoms with Crippen molar-refractivity contribution in [2.45, 2.75) is 6.42 Å². The molecule has 0 fully saturated rings. The quantitative estimate of drug-likeness (QED) is 0.822. The van der Waals surface area contributed by atoms with Crippen LogP contribution in [0.25, 0.3) is 5.65 Å². The van der Waals surface area contributed by atoms with Gasteiger partial charge >= 0.3 is 0 Å². The molecule has 80 valence electrons. The number of aliphatic hydroxyl groups excluding tert-OH is 1. The summed E-state index contributed by atoms with van der Waals surface area (Å²) in [7, 11) is 0. The van der Waals surface area contributed by atoms with Crippen molar-refractivity contribution in [2.75, 3.05) is 18.5 Å². The number of halogens is 1. The Morgan fingerprint density at radius 3 is 3.13 bits per heavy atom. The van der Waals surface area contributed by atoms with Crippen molar-refractivity contribution in [1.82, 2.24) is 14.6 Å². The first-order valence-corrected chi connectivity index (χ1v) is 5.45. The van der Waals surface area contributed by atoms with Gasteiger partial charge < -0.3 is 10.4 Å². The van der Waals surface area contributed by atoms with Crippen molar-refractivity contribution in [1.29, 1.82) is 0 Å². The van der Waals surface area contributed by atoms with Crippen molar-refractivity contribution in [3.63, 3.8) is 0 Å². The summed E-state index contributed by atoms with van der Waals surface area (Å²) in [5, 5.41) is 16.1. The normalized spacial score (nSPS) is 10.8. The number of imidazole rings is 1. The molecule has 15 heavy (non-hydrogen) atoms. The van der Waals surface area contributed by atoms with Gasteiger partial charge in [-0.05, 0) is 34.5 Å². The van der Waals surface area contributed by atoms with Crippen LogP contribution in [0.1, 0.15) is 6.42 Å². The van der Waals surface area contributed by atoms with Crippen molar-refractivity contribution in [3.05, 3.63) is 22.9 Å². The van der Waals surface area contributed by atoms with Gasteiger partial charge in [-0.3, -0.25) is 0 Å². The van der Waals surface area contributed by atoms with Gasteiger partial charge in [-0.1, -0.05) is 0 Å². The van der Waals surface area contributed by atoms with E-state index in [-0.39, 0.29) is 6.61 Å². The monoisotopic (exact) mass is 270 g/mol. The highest BCUT2D eigenvalue weighted by Crippen LogP contribution is 2.13. The maximum Gasteiger partial charge on any atom is 0.154 e. The molecule has 0 bridgehead atoms. The molecular formula is C9H11BrN4O. The predicted molar refractivity (Wildman–Crippen MR) is 60.9 cm³/mol. The molecule has 0 saturated heterocycles. The zero-order valence-corrected chi connectivity index (χ0v) is 9.61. The Balaban J connectivity index is 2.18. The van der Waals surface area contributed by atoms with Crippen LogP contribution in [-0.2, 0) is 0 Å². The van der Waals surface area contributed by atoms with Crippen LogP contribution in [0.4, 0.5) is 5.82 Å². The third kappa shape index (κ3) is 2.27. The highest BCUT2D eigenvalue weighted by Gasteiger charge is 2.01. The molecule has 0 aliphatic rings. The fourth-order valence-corrected chi connectivity index (χ4v) is 1.60. The predicted octanol–water partition coefficient (Wildman–Crippen LogP) is 1.29. The van der Waals surface area contributed by atoms with Crippen LogP contribution in [0.2, 0.25) is 0 Å². The minimum Gasteiger partial charge on any atom is -0.396 e. The molecule has 0 aliphatic carbocycles. The van der Waals surface area contributed by atoms with Gasteiger partial charge in [0.1, 0.15) is 10.4 Å². The van der Waals surface area contributed by atoms with Crippen LogP contribution in [0, 0.1) is 0 Å². The Morgan fingerprint density at radius 1 is 1.47 bits per heavy atom. The maximum absolute atomic E-state index is 8.64. The van der Waals surface area contributed by atoms with Crippen LogP contribution in [-0.4, -0.2) is 32.9 Å². The number of fused-ring (bicyclic) bond motifs is 1. The Labute approximate surface area is 95.3 Å². The minimum atomic E-state index is 0.185. The Bertz CT molecular complexity index is 456. The van der Waals surface area contributed by atoms with Gasteiger partial charge in [0.25, 0.3) is 0 Å². The molecule has 0 aliphatic heterocycles. The van der Waals surface area contributed by atoms with E-state index in [2.05, 4.69) is 31.3 Å². The summed E-state index contributed by atoms with van der Waals surface area (Å²) in [6.07, 6.45) is 2.42. The lowest BCUT2D eigenvalue weighted by Gasteiger charge is -2.04. The first-order chi connectivity index (χ1) is 7.31. The zero-order valence-electron chi connectivity index (χ0n) is 8.02. The summed E-state index contributed by atoms with van der Waals surface area (Å²) in [6.45, 7) is 0.894. The van der Waals surface area contributed by atoms with E-state index in [1.807, 2.05) is 12.1 Å². The SMILES string of the molecule is OCCCNc1ccc2ncc(Br)n2n1. The van der Waals surface area contributed by atoms with Crippen LogP contribution in [0.3, 0.4) is 0 Å². The number of rotatable bonds is 4. The summed E-state index contributed by atoms with van der Waals surface area (Å²) in [5.41, 5.74) is 0.801. The van der Waals surface area contributed by atoms with Crippen molar-refractivity contribution >= 4 is 27.4 Å². The number of anilines is 1. The van der Waals surface area contributed by atoms with Crippen LogP contribution < -0.4 is 5.32 Å². The minimum absolute atomic E-state index is 0.185. The lowest BCUT2D eigenvalue weighted by Crippen LogP contribution is -2.06. The van der Waals surface area contributed by atoms with Gasteiger partial charge in [0.15, 0.2) is 5.65 Å². The standard InChI is InChI=1S/C9H11BrN4O/c10-7-6-12-9-3-2-8(13-14(7)9)11-4-1-5-15/h2-3,6,15H,1,4-5H2,(H,11,13). The van der Waals surface area contributed by atoms with Gasteiger partial charge in [-0.25, -0.2) is 9.50 Å². The lowest BCUT2D eigenvalue weighted by atomic mass is 10.4. The summed E-state index contributed by atoms with van der Waals surface area (Å²) in [6, 6.07) is 3.76. The van der Waals surface area contributed by atoms with Crippen molar-refractivity contribution < 1.29 is 5.11 Å². The molecule has 2 aromatic rings. The highest BCUT2D eigenvalue weighted by atomic mass is 79.9. The molecule has 0 radical (unpaired) electrons. The zero-order chi connectivity index (χ0) is 10.7. The topological polar surface area (TPSA) is 62.5 Å². The van der Waals surface area contributed by atoms with Gasteiger partial charge in [0.05, 0.1) is 6.20 Å². The van der Waals surface area contributed by atoms with E-state index in [4.69, 9.17) is 5.11 Å². The molecule has 0 amide bonds.